The van der Waals surface area contributed by atoms with Gasteiger partial charge in [-0.3, -0.25) is 4.79 Å². The van der Waals surface area contributed by atoms with E-state index in [0.717, 1.165) is 12.8 Å². The summed E-state index contributed by atoms with van der Waals surface area (Å²) in [4.78, 5) is 13.3. The molecule has 1 heterocycles. The second-order valence-electron chi connectivity index (χ2n) is 5.59. The van der Waals surface area contributed by atoms with Gasteiger partial charge in [-0.1, -0.05) is 49.9 Å². The van der Waals surface area contributed by atoms with Crippen molar-refractivity contribution in [1.29, 1.82) is 0 Å². The number of rotatable bonds is 8. The highest BCUT2D eigenvalue weighted by Gasteiger charge is 2.12. The predicted molar refractivity (Wildman–Crippen MR) is 90.0 cm³/mol. The molecule has 0 aliphatic heterocycles. The lowest BCUT2D eigenvalue weighted by Crippen LogP contribution is -2.35. The Morgan fingerprint density at radius 3 is 2.87 bits per heavy atom. The SMILES string of the molecule is CCCCC[C@H](C)NC(=O)Cn1nnc(-c2ccccc2Cl)n1. The quantitative estimate of drug-likeness (QED) is 0.752. The van der Waals surface area contributed by atoms with Gasteiger partial charge in [0, 0.05) is 11.6 Å². The highest BCUT2D eigenvalue weighted by atomic mass is 35.5. The predicted octanol–water partition coefficient (Wildman–Crippen LogP) is 3.08. The van der Waals surface area contributed by atoms with E-state index in [1.807, 2.05) is 25.1 Å². The van der Waals surface area contributed by atoms with Crippen LogP contribution in [0, 0.1) is 0 Å². The molecule has 1 aromatic heterocycles. The van der Waals surface area contributed by atoms with E-state index in [0.29, 0.717) is 16.4 Å². The number of amides is 1. The first-order valence-electron chi connectivity index (χ1n) is 7.92. The van der Waals surface area contributed by atoms with E-state index in [9.17, 15) is 4.79 Å². The monoisotopic (exact) mass is 335 g/mol. The number of hydrogen-bond acceptors (Lipinski definition) is 4. The Bertz CT molecular complexity index is 643. The number of hydrogen-bond donors (Lipinski definition) is 1. The summed E-state index contributed by atoms with van der Waals surface area (Å²) >= 11 is 6.11. The Kier molecular flexibility index (Phi) is 6.52. The van der Waals surface area contributed by atoms with Gasteiger partial charge in [0.25, 0.3) is 0 Å². The van der Waals surface area contributed by atoms with Crippen LogP contribution >= 0.6 is 11.6 Å². The minimum absolute atomic E-state index is 0.0512. The summed E-state index contributed by atoms with van der Waals surface area (Å²) in [5.41, 5.74) is 0.703. The average Bonchev–Trinajstić information content (AvgIpc) is 2.96. The number of carbonyl (C=O) groups excluding carboxylic acids is 1. The van der Waals surface area contributed by atoms with Crippen LogP contribution in [0.1, 0.15) is 39.5 Å². The van der Waals surface area contributed by atoms with Crippen LogP contribution < -0.4 is 5.32 Å². The summed E-state index contributed by atoms with van der Waals surface area (Å²) in [6.45, 7) is 4.23. The molecule has 124 valence electrons. The average molecular weight is 336 g/mol. The van der Waals surface area contributed by atoms with Crippen LogP contribution in [0.15, 0.2) is 24.3 Å². The second-order valence-corrected chi connectivity index (χ2v) is 5.99. The molecular weight excluding hydrogens is 314 g/mol. The number of aromatic nitrogens is 4. The van der Waals surface area contributed by atoms with Gasteiger partial charge in [-0.05, 0) is 30.7 Å². The summed E-state index contributed by atoms with van der Waals surface area (Å²) in [7, 11) is 0. The largest absolute Gasteiger partial charge is 0.352 e. The standard InChI is InChI=1S/C16H22ClN5O/c1-3-4-5-8-12(2)18-15(23)11-22-20-16(19-21-22)13-9-6-7-10-14(13)17/h6-7,9-10,12H,3-5,8,11H2,1-2H3,(H,18,23)/t12-/m0/s1. The molecular formula is C16H22ClN5O. The van der Waals surface area contributed by atoms with E-state index in [1.165, 1.54) is 17.6 Å². The van der Waals surface area contributed by atoms with Gasteiger partial charge < -0.3 is 5.32 Å². The summed E-state index contributed by atoms with van der Waals surface area (Å²) in [5, 5.41) is 15.6. The highest BCUT2D eigenvalue weighted by Crippen LogP contribution is 2.23. The molecule has 1 atom stereocenters. The lowest BCUT2D eigenvalue weighted by atomic mass is 10.1. The first kappa shape index (κ1) is 17.4. The lowest BCUT2D eigenvalue weighted by Gasteiger charge is -2.12. The van der Waals surface area contributed by atoms with Crippen molar-refractivity contribution >= 4 is 17.5 Å². The maximum atomic E-state index is 12.0. The van der Waals surface area contributed by atoms with Crippen molar-refractivity contribution in [2.24, 2.45) is 0 Å². The van der Waals surface area contributed by atoms with Gasteiger partial charge in [0.05, 0.1) is 5.02 Å². The summed E-state index contributed by atoms with van der Waals surface area (Å²) in [5.74, 6) is 0.302. The van der Waals surface area contributed by atoms with E-state index in [-0.39, 0.29) is 18.5 Å². The first-order valence-corrected chi connectivity index (χ1v) is 8.30. The fourth-order valence-corrected chi connectivity index (χ4v) is 2.50. The molecule has 0 spiro atoms. The number of tetrazole rings is 1. The van der Waals surface area contributed by atoms with Crippen LogP contribution in [0.4, 0.5) is 0 Å². The van der Waals surface area contributed by atoms with E-state index in [1.54, 1.807) is 6.07 Å². The Morgan fingerprint density at radius 2 is 2.13 bits per heavy atom. The number of nitrogens with zero attached hydrogens (tertiary/aromatic N) is 4. The van der Waals surface area contributed by atoms with Crippen LogP contribution in [0.3, 0.4) is 0 Å². The zero-order valence-corrected chi connectivity index (χ0v) is 14.3. The third-order valence-electron chi connectivity index (χ3n) is 3.50. The van der Waals surface area contributed by atoms with Crippen molar-refractivity contribution in [3.63, 3.8) is 0 Å². The zero-order chi connectivity index (χ0) is 16.7. The molecule has 2 rings (SSSR count). The Labute approximate surface area is 141 Å². The van der Waals surface area contributed by atoms with Crippen LogP contribution in [0.5, 0.6) is 0 Å². The van der Waals surface area contributed by atoms with Gasteiger partial charge in [0.15, 0.2) is 0 Å². The molecule has 1 aromatic carbocycles. The molecule has 23 heavy (non-hydrogen) atoms. The number of benzene rings is 1. The van der Waals surface area contributed by atoms with Gasteiger partial charge in [-0.15, -0.1) is 10.2 Å². The van der Waals surface area contributed by atoms with Gasteiger partial charge in [0.2, 0.25) is 11.7 Å². The minimum atomic E-state index is -0.114. The smallest absolute Gasteiger partial charge is 0.243 e. The third kappa shape index (κ3) is 5.32. The topological polar surface area (TPSA) is 72.7 Å². The molecule has 1 N–H and O–H groups in total. The van der Waals surface area contributed by atoms with Crippen LogP contribution in [-0.4, -0.2) is 32.2 Å². The van der Waals surface area contributed by atoms with Crippen molar-refractivity contribution in [3.05, 3.63) is 29.3 Å². The molecule has 0 aliphatic rings. The van der Waals surface area contributed by atoms with Crippen molar-refractivity contribution < 1.29 is 4.79 Å². The lowest BCUT2D eigenvalue weighted by molar-refractivity contribution is -0.122. The summed E-state index contributed by atoms with van der Waals surface area (Å²) in [6.07, 6.45) is 4.46. The summed E-state index contributed by atoms with van der Waals surface area (Å²) < 4.78 is 0. The highest BCUT2D eigenvalue weighted by molar-refractivity contribution is 6.33. The second kappa shape index (κ2) is 8.62. The molecule has 1 amide bonds. The minimum Gasteiger partial charge on any atom is -0.352 e. The van der Waals surface area contributed by atoms with E-state index >= 15 is 0 Å². The fraction of sp³-hybridized carbons (Fsp3) is 0.500. The number of nitrogens with one attached hydrogen (secondary N) is 1. The number of carbonyl (C=O) groups is 1. The normalized spacial score (nSPS) is 12.1. The number of unbranched alkanes of at least 4 members (excludes halogenated alkanes) is 2. The molecule has 2 aromatic rings. The maximum Gasteiger partial charge on any atom is 0.243 e. The van der Waals surface area contributed by atoms with E-state index < -0.39 is 0 Å². The van der Waals surface area contributed by atoms with Gasteiger partial charge in [-0.2, -0.15) is 4.80 Å². The molecule has 0 saturated heterocycles. The van der Waals surface area contributed by atoms with Gasteiger partial charge in [-0.25, -0.2) is 0 Å². The van der Waals surface area contributed by atoms with Crippen LogP contribution in [0.2, 0.25) is 5.02 Å². The molecule has 0 unspecified atom stereocenters. The Hall–Kier alpha value is -1.95. The van der Waals surface area contributed by atoms with E-state index in [2.05, 4.69) is 27.7 Å². The Balaban J connectivity index is 1.89. The maximum absolute atomic E-state index is 12.0. The molecule has 0 aliphatic carbocycles. The van der Waals surface area contributed by atoms with Crippen molar-refractivity contribution in [2.45, 2.75) is 52.1 Å². The number of halogens is 1. The van der Waals surface area contributed by atoms with Crippen molar-refractivity contribution in [1.82, 2.24) is 25.5 Å². The van der Waals surface area contributed by atoms with Gasteiger partial charge in [0.1, 0.15) is 6.54 Å². The van der Waals surface area contributed by atoms with E-state index in [4.69, 9.17) is 11.6 Å². The van der Waals surface area contributed by atoms with Crippen LogP contribution in [0.25, 0.3) is 11.4 Å². The molecule has 0 fully saturated rings. The first-order chi connectivity index (χ1) is 11.1. The van der Waals surface area contributed by atoms with Crippen molar-refractivity contribution in [3.8, 4) is 11.4 Å². The molecule has 0 radical (unpaired) electrons. The molecule has 0 saturated carbocycles. The molecule has 7 heteroatoms. The van der Waals surface area contributed by atoms with Crippen molar-refractivity contribution in [2.75, 3.05) is 0 Å². The molecule has 6 nitrogen and oxygen atoms in total. The van der Waals surface area contributed by atoms with Gasteiger partial charge >= 0.3 is 0 Å². The van der Waals surface area contributed by atoms with Crippen LogP contribution in [-0.2, 0) is 11.3 Å². The zero-order valence-electron chi connectivity index (χ0n) is 13.5. The summed E-state index contributed by atoms with van der Waals surface area (Å²) in [6, 6.07) is 7.43. The molecule has 0 bridgehead atoms. The Morgan fingerprint density at radius 1 is 1.35 bits per heavy atom. The third-order valence-corrected chi connectivity index (χ3v) is 3.83. The fourth-order valence-electron chi connectivity index (χ4n) is 2.28.